The van der Waals surface area contributed by atoms with Gasteiger partial charge in [0.1, 0.15) is 6.61 Å². The van der Waals surface area contributed by atoms with Gasteiger partial charge in [-0.15, -0.1) is 0 Å². The van der Waals surface area contributed by atoms with Crippen molar-refractivity contribution in [1.29, 1.82) is 0 Å². The van der Waals surface area contributed by atoms with E-state index < -0.39 is 18.1 Å². The molecule has 0 saturated heterocycles. The molecule has 1 saturated carbocycles. The van der Waals surface area contributed by atoms with E-state index in [0.29, 0.717) is 19.4 Å². The normalized spacial score (nSPS) is 19.7. The maximum Gasteiger partial charge on any atom is 0.407 e. The number of rotatable bonds is 8. The molecule has 7 heteroatoms. The van der Waals surface area contributed by atoms with Gasteiger partial charge < -0.3 is 20.1 Å². The fourth-order valence-corrected chi connectivity index (χ4v) is 5.48. The Hall–Kier alpha value is -3.35. The van der Waals surface area contributed by atoms with Crippen LogP contribution >= 0.6 is 0 Å². The molecule has 3 atom stereocenters. The first-order chi connectivity index (χ1) is 16.4. The molecule has 2 aliphatic carbocycles. The van der Waals surface area contributed by atoms with Crippen LogP contribution in [0.5, 0.6) is 0 Å². The Morgan fingerprint density at radius 3 is 2.26 bits per heavy atom. The zero-order chi connectivity index (χ0) is 24.2. The van der Waals surface area contributed by atoms with E-state index in [2.05, 4.69) is 29.6 Å². The number of ether oxygens (including phenoxy) is 1. The number of nitrogens with one attached hydrogen (secondary N) is 1. The first kappa shape index (κ1) is 23.8. The van der Waals surface area contributed by atoms with Crippen LogP contribution in [-0.4, -0.2) is 53.2 Å². The topological polar surface area (TPSA) is 95.9 Å². The molecule has 2 amide bonds. The Bertz CT molecular complexity index is 1020. The van der Waals surface area contributed by atoms with Gasteiger partial charge in [0.05, 0.1) is 12.3 Å². The number of fused-ring (bicyclic) bond motifs is 3. The van der Waals surface area contributed by atoms with Gasteiger partial charge >= 0.3 is 12.1 Å². The van der Waals surface area contributed by atoms with Crippen molar-refractivity contribution in [2.45, 2.75) is 57.5 Å². The molecule has 7 nitrogen and oxygen atoms in total. The number of carbonyl (C=O) groups excluding carboxylic acids is 2. The molecule has 0 aliphatic heterocycles. The van der Waals surface area contributed by atoms with Gasteiger partial charge in [-0.2, -0.15) is 0 Å². The van der Waals surface area contributed by atoms with Crippen LogP contribution in [0, 0.1) is 5.92 Å². The van der Waals surface area contributed by atoms with E-state index in [9.17, 15) is 14.4 Å². The van der Waals surface area contributed by atoms with Gasteiger partial charge in [-0.05, 0) is 48.9 Å². The molecule has 3 unspecified atom stereocenters. The zero-order valence-corrected chi connectivity index (χ0v) is 19.7. The molecule has 1 fully saturated rings. The Morgan fingerprint density at radius 1 is 1.06 bits per heavy atom. The van der Waals surface area contributed by atoms with Crippen molar-refractivity contribution in [3.05, 3.63) is 59.7 Å². The van der Waals surface area contributed by atoms with Crippen molar-refractivity contribution in [3.8, 4) is 11.1 Å². The summed E-state index contributed by atoms with van der Waals surface area (Å²) in [6.07, 6.45) is 1.58. The van der Waals surface area contributed by atoms with Crippen LogP contribution in [0.15, 0.2) is 48.5 Å². The second kappa shape index (κ2) is 10.3. The van der Waals surface area contributed by atoms with Crippen LogP contribution in [0.2, 0.25) is 0 Å². The number of benzene rings is 2. The Morgan fingerprint density at radius 2 is 1.68 bits per heavy atom. The summed E-state index contributed by atoms with van der Waals surface area (Å²) in [7, 11) is 0. The molecule has 34 heavy (non-hydrogen) atoms. The van der Waals surface area contributed by atoms with E-state index in [1.165, 1.54) is 11.1 Å². The van der Waals surface area contributed by atoms with E-state index in [0.717, 1.165) is 17.5 Å². The third-order valence-corrected chi connectivity index (χ3v) is 7.11. The third kappa shape index (κ3) is 4.79. The van der Waals surface area contributed by atoms with E-state index in [4.69, 9.17) is 9.84 Å². The fourth-order valence-electron chi connectivity index (χ4n) is 5.48. The smallest absolute Gasteiger partial charge is 0.407 e. The van der Waals surface area contributed by atoms with Crippen molar-refractivity contribution in [2.24, 2.45) is 5.92 Å². The third-order valence-electron chi connectivity index (χ3n) is 7.11. The average Bonchev–Trinajstić information content (AvgIpc) is 3.40. The van der Waals surface area contributed by atoms with Crippen LogP contribution in [-0.2, 0) is 14.3 Å². The lowest BCUT2D eigenvalue weighted by atomic mass is 9.98. The highest BCUT2D eigenvalue weighted by atomic mass is 16.5. The SMILES string of the molecule is CCN(C(=O)C1CCCC1NC(=O)OCC1c2ccccc2-c2ccccc21)C(C)CC(=O)O. The average molecular weight is 465 g/mol. The minimum atomic E-state index is -0.932. The maximum absolute atomic E-state index is 13.2. The largest absolute Gasteiger partial charge is 0.481 e. The summed E-state index contributed by atoms with van der Waals surface area (Å²) in [5, 5.41) is 12.0. The standard InChI is InChI=1S/C27H32N2O5/c1-3-29(17(2)15-25(30)31)26(32)22-13-8-14-24(22)28-27(33)34-16-23-20-11-6-4-9-18(20)19-10-5-7-12-21(19)23/h4-7,9-12,17,22-24H,3,8,13-16H2,1-2H3,(H,28,33)(H,30,31). The number of alkyl carbamates (subject to hydrolysis) is 1. The van der Waals surface area contributed by atoms with E-state index in [1.54, 1.807) is 11.8 Å². The summed E-state index contributed by atoms with van der Waals surface area (Å²) >= 11 is 0. The summed E-state index contributed by atoms with van der Waals surface area (Å²) < 4.78 is 5.66. The molecular weight excluding hydrogens is 432 g/mol. The number of carboxylic acids is 1. The molecule has 2 aliphatic rings. The van der Waals surface area contributed by atoms with Crippen LogP contribution in [0.4, 0.5) is 4.79 Å². The summed E-state index contributed by atoms with van der Waals surface area (Å²) in [4.78, 5) is 38.6. The summed E-state index contributed by atoms with van der Waals surface area (Å²) in [5.74, 6) is -1.42. The van der Waals surface area contributed by atoms with Gasteiger partial charge in [-0.25, -0.2) is 4.79 Å². The lowest BCUT2D eigenvalue weighted by Crippen LogP contribution is -2.48. The van der Waals surface area contributed by atoms with Crippen molar-refractivity contribution in [1.82, 2.24) is 10.2 Å². The quantitative estimate of drug-likeness (QED) is 0.604. The number of hydrogen-bond acceptors (Lipinski definition) is 4. The molecule has 2 N–H and O–H groups in total. The zero-order valence-electron chi connectivity index (χ0n) is 19.7. The molecule has 0 aromatic heterocycles. The van der Waals surface area contributed by atoms with Crippen LogP contribution < -0.4 is 5.32 Å². The number of aliphatic carboxylic acids is 1. The monoisotopic (exact) mass is 464 g/mol. The number of hydrogen-bond donors (Lipinski definition) is 2. The second-order valence-corrected chi connectivity index (χ2v) is 9.18. The molecule has 0 heterocycles. The van der Waals surface area contributed by atoms with Gasteiger partial charge in [-0.1, -0.05) is 55.0 Å². The molecule has 0 bridgehead atoms. The molecule has 2 aromatic rings. The Labute approximate surface area is 200 Å². The molecular formula is C27H32N2O5. The van der Waals surface area contributed by atoms with Crippen molar-refractivity contribution < 1.29 is 24.2 Å². The Kier molecular flexibility index (Phi) is 7.20. The molecule has 180 valence electrons. The van der Waals surface area contributed by atoms with E-state index >= 15 is 0 Å². The number of carboxylic acid groups (broad SMARTS) is 1. The first-order valence-corrected chi connectivity index (χ1v) is 12.0. The van der Waals surface area contributed by atoms with E-state index in [-0.39, 0.29) is 36.8 Å². The predicted octanol–water partition coefficient (Wildman–Crippen LogP) is 4.41. The summed E-state index contributed by atoms with van der Waals surface area (Å²) in [6, 6.07) is 15.6. The minimum Gasteiger partial charge on any atom is -0.481 e. The van der Waals surface area contributed by atoms with Gasteiger partial charge in [0.2, 0.25) is 5.91 Å². The van der Waals surface area contributed by atoms with Crippen LogP contribution in [0.3, 0.4) is 0 Å². The molecule has 0 radical (unpaired) electrons. The highest BCUT2D eigenvalue weighted by molar-refractivity contribution is 5.82. The first-order valence-electron chi connectivity index (χ1n) is 12.0. The highest BCUT2D eigenvalue weighted by Crippen LogP contribution is 2.44. The molecule has 2 aromatic carbocycles. The Balaban J connectivity index is 1.38. The van der Waals surface area contributed by atoms with Gasteiger partial charge in [-0.3, -0.25) is 9.59 Å². The van der Waals surface area contributed by atoms with E-state index in [1.807, 2.05) is 31.2 Å². The lowest BCUT2D eigenvalue weighted by Gasteiger charge is -2.31. The summed E-state index contributed by atoms with van der Waals surface area (Å²) in [6.45, 7) is 4.25. The number of carbonyl (C=O) groups is 3. The number of nitrogens with zero attached hydrogens (tertiary/aromatic N) is 1. The van der Waals surface area contributed by atoms with Crippen LogP contribution in [0.25, 0.3) is 11.1 Å². The van der Waals surface area contributed by atoms with Crippen molar-refractivity contribution in [3.63, 3.8) is 0 Å². The lowest BCUT2D eigenvalue weighted by molar-refractivity contribution is -0.142. The van der Waals surface area contributed by atoms with Gasteiger partial charge in [0.25, 0.3) is 0 Å². The second-order valence-electron chi connectivity index (χ2n) is 9.18. The van der Waals surface area contributed by atoms with Crippen molar-refractivity contribution >= 4 is 18.0 Å². The number of amides is 2. The molecule has 0 spiro atoms. The molecule has 4 rings (SSSR count). The predicted molar refractivity (Wildman–Crippen MR) is 128 cm³/mol. The van der Waals surface area contributed by atoms with Gasteiger partial charge in [0, 0.05) is 24.5 Å². The fraction of sp³-hybridized carbons (Fsp3) is 0.444. The van der Waals surface area contributed by atoms with Crippen LogP contribution in [0.1, 0.15) is 56.6 Å². The van der Waals surface area contributed by atoms with Crippen molar-refractivity contribution in [2.75, 3.05) is 13.2 Å². The summed E-state index contributed by atoms with van der Waals surface area (Å²) in [5.41, 5.74) is 4.64. The maximum atomic E-state index is 13.2. The highest BCUT2D eigenvalue weighted by Gasteiger charge is 2.38. The minimum absolute atomic E-state index is 0.0217. The van der Waals surface area contributed by atoms with Gasteiger partial charge in [0.15, 0.2) is 0 Å².